The second-order valence-electron chi connectivity index (χ2n) is 5.34. The molecule has 6 nitrogen and oxygen atoms in total. The van der Waals surface area contributed by atoms with Crippen molar-refractivity contribution in [2.24, 2.45) is 0 Å². The highest BCUT2D eigenvalue weighted by atomic mass is 32.2. The summed E-state index contributed by atoms with van der Waals surface area (Å²) in [5.41, 5.74) is 0.963. The third kappa shape index (κ3) is 4.38. The van der Waals surface area contributed by atoms with Crippen molar-refractivity contribution < 1.29 is 9.21 Å². The molecule has 0 saturated carbocycles. The highest BCUT2D eigenvalue weighted by Crippen LogP contribution is 2.24. The van der Waals surface area contributed by atoms with Crippen molar-refractivity contribution in [2.45, 2.75) is 25.5 Å². The molecule has 0 radical (unpaired) electrons. The number of nitrogens with zero attached hydrogens (tertiary/aromatic N) is 4. The molecule has 0 unspecified atom stereocenters. The topological polar surface area (TPSA) is 64.2 Å². The quantitative estimate of drug-likeness (QED) is 0.515. The van der Waals surface area contributed by atoms with Gasteiger partial charge in [0.25, 0.3) is 0 Å². The number of hydrogen-bond acceptors (Lipinski definition) is 5. The summed E-state index contributed by atoms with van der Waals surface area (Å²) in [4.78, 5) is 14.1. The van der Waals surface area contributed by atoms with E-state index in [2.05, 4.69) is 23.4 Å². The summed E-state index contributed by atoms with van der Waals surface area (Å²) >= 11 is 1.36. The number of likely N-dealkylation sites (N-methyl/N-ethyl adjacent to an activating group) is 1. The number of amides is 1. The molecule has 0 spiro atoms. The molecule has 0 N–H and O–H groups in total. The summed E-state index contributed by atoms with van der Waals surface area (Å²) in [7, 11) is 0. The third-order valence-electron chi connectivity index (χ3n) is 3.29. The first-order chi connectivity index (χ1) is 11.6. The van der Waals surface area contributed by atoms with E-state index in [-0.39, 0.29) is 5.91 Å². The molecule has 7 heteroatoms. The first kappa shape index (κ1) is 18.1. The van der Waals surface area contributed by atoms with Crippen LogP contribution in [0.4, 0.5) is 0 Å². The van der Waals surface area contributed by atoms with Crippen LogP contribution in [0.5, 0.6) is 0 Å². The Labute approximate surface area is 146 Å². The molecule has 0 aliphatic heterocycles. The number of carbonyl (C=O) groups excluding carboxylic acids is 1. The maximum Gasteiger partial charge on any atom is 0.233 e. The average molecular weight is 346 g/mol. The van der Waals surface area contributed by atoms with E-state index in [1.807, 2.05) is 24.5 Å². The summed E-state index contributed by atoms with van der Waals surface area (Å²) in [5.74, 6) is 1.62. The molecule has 2 heterocycles. The molecule has 0 saturated heterocycles. The maximum atomic E-state index is 12.4. The molecule has 0 bridgehead atoms. The molecule has 0 aliphatic carbocycles. The van der Waals surface area contributed by atoms with Gasteiger partial charge in [-0.2, -0.15) is 0 Å². The summed E-state index contributed by atoms with van der Waals surface area (Å²) in [6.07, 6.45) is 3.36. The highest BCUT2D eigenvalue weighted by Gasteiger charge is 2.18. The predicted molar refractivity (Wildman–Crippen MR) is 95.7 cm³/mol. The van der Waals surface area contributed by atoms with Crippen molar-refractivity contribution in [3.63, 3.8) is 0 Å². The summed E-state index contributed by atoms with van der Waals surface area (Å²) in [6, 6.07) is 3.63. The lowest BCUT2D eigenvalue weighted by molar-refractivity contribution is -0.127. The van der Waals surface area contributed by atoms with Gasteiger partial charge in [-0.3, -0.25) is 9.36 Å². The summed E-state index contributed by atoms with van der Waals surface area (Å²) in [5, 5.41) is 9.04. The van der Waals surface area contributed by atoms with Crippen molar-refractivity contribution in [2.75, 3.05) is 18.8 Å². The Balaban J connectivity index is 2.11. The van der Waals surface area contributed by atoms with E-state index in [1.165, 1.54) is 11.8 Å². The van der Waals surface area contributed by atoms with Gasteiger partial charge in [-0.1, -0.05) is 30.0 Å². The van der Waals surface area contributed by atoms with E-state index >= 15 is 0 Å². The molecule has 0 atom stereocenters. The van der Waals surface area contributed by atoms with E-state index in [0.717, 1.165) is 5.57 Å². The van der Waals surface area contributed by atoms with Gasteiger partial charge in [0, 0.05) is 19.6 Å². The van der Waals surface area contributed by atoms with Crippen molar-refractivity contribution in [1.29, 1.82) is 0 Å². The van der Waals surface area contributed by atoms with Crippen LogP contribution < -0.4 is 0 Å². The van der Waals surface area contributed by atoms with Crippen LogP contribution in [0, 0.1) is 0 Å². The number of aromatic nitrogens is 3. The van der Waals surface area contributed by atoms with E-state index in [0.29, 0.717) is 42.1 Å². The van der Waals surface area contributed by atoms with Crippen LogP contribution in [-0.2, 0) is 11.3 Å². The van der Waals surface area contributed by atoms with Crippen LogP contribution in [0.1, 0.15) is 13.8 Å². The van der Waals surface area contributed by atoms with Crippen LogP contribution in [0.3, 0.4) is 0 Å². The van der Waals surface area contributed by atoms with Gasteiger partial charge in [-0.05, 0) is 26.0 Å². The lowest BCUT2D eigenvalue weighted by Gasteiger charge is -2.20. The van der Waals surface area contributed by atoms with Crippen LogP contribution in [0.25, 0.3) is 11.6 Å². The van der Waals surface area contributed by atoms with Gasteiger partial charge in [-0.15, -0.1) is 16.8 Å². The zero-order valence-corrected chi connectivity index (χ0v) is 14.9. The first-order valence-electron chi connectivity index (χ1n) is 7.69. The number of allylic oxidation sites excluding steroid dienone is 1. The monoisotopic (exact) mass is 346 g/mol. The van der Waals surface area contributed by atoms with Crippen LogP contribution in [-0.4, -0.2) is 44.4 Å². The molecule has 0 fully saturated rings. The number of thioether (sulfide) groups is 1. The predicted octanol–water partition coefficient (Wildman–Crippen LogP) is 3.24. The van der Waals surface area contributed by atoms with E-state index in [9.17, 15) is 4.79 Å². The SMILES string of the molecule is C=CCn1c(SCC(=O)N(CC)CC(=C)C)nnc1-c1ccco1. The number of hydrogen-bond donors (Lipinski definition) is 0. The molecule has 2 aromatic rings. The minimum absolute atomic E-state index is 0.0539. The lowest BCUT2D eigenvalue weighted by Crippen LogP contribution is -2.33. The molecule has 2 aromatic heterocycles. The Bertz CT molecular complexity index is 706. The van der Waals surface area contributed by atoms with Gasteiger partial charge in [0.1, 0.15) is 0 Å². The lowest BCUT2D eigenvalue weighted by atomic mass is 10.3. The van der Waals surface area contributed by atoms with Gasteiger partial charge < -0.3 is 9.32 Å². The van der Waals surface area contributed by atoms with Crippen molar-refractivity contribution in [1.82, 2.24) is 19.7 Å². The fourth-order valence-corrected chi connectivity index (χ4v) is 3.05. The second kappa shape index (κ2) is 8.54. The fourth-order valence-electron chi connectivity index (χ4n) is 2.20. The van der Waals surface area contributed by atoms with Crippen molar-refractivity contribution >= 4 is 17.7 Å². The first-order valence-corrected chi connectivity index (χ1v) is 8.68. The Kier molecular flexibility index (Phi) is 6.43. The molecular weight excluding hydrogens is 324 g/mol. The van der Waals surface area contributed by atoms with Gasteiger partial charge >= 0.3 is 0 Å². The number of carbonyl (C=O) groups is 1. The molecule has 2 rings (SSSR count). The standard InChI is InChI=1S/C17H22N4O2S/c1-5-9-21-16(14-8-7-10-23-14)18-19-17(21)24-12-15(22)20(6-2)11-13(3)4/h5,7-8,10H,1,3,6,9,11-12H2,2,4H3. The maximum absolute atomic E-state index is 12.4. The summed E-state index contributed by atoms with van der Waals surface area (Å²) < 4.78 is 7.28. The Hall–Kier alpha value is -2.28. The van der Waals surface area contributed by atoms with E-state index < -0.39 is 0 Å². The van der Waals surface area contributed by atoms with Crippen LogP contribution in [0.15, 0.2) is 52.8 Å². The molecule has 128 valence electrons. The molecule has 0 aromatic carbocycles. The Morgan fingerprint density at radius 2 is 2.29 bits per heavy atom. The number of furan rings is 1. The molecule has 0 aliphatic rings. The third-order valence-corrected chi connectivity index (χ3v) is 4.24. The van der Waals surface area contributed by atoms with Crippen LogP contribution in [0.2, 0.25) is 0 Å². The average Bonchev–Trinajstić information content (AvgIpc) is 3.20. The number of rotatable bonds is 9. The van der Waals surface area contributed by atoms with Gasteiger partial charge in [0.2, 0.25) is 11.7 Å². The highest BCUT2D eigenvalue weighted by molar-refractivity contribution is 7.99. The van der Waals surface area contributed by atoms with E-state index in [4.69, 9.17) is 4.42 Å². The Morgan fingerprint density at radius 3 is 2.88 bits per heavy atom. The smallest absolute Gasteiger partial charge is 0.233 e. The molecular formula is C17H22N4O2S. The minimum atomic E-state index is 0.0539. The van der Waals surface area contributed by atoms with Gasteiger partial charge in [0.05, 0.1) is 12.0 Å². The minimum Gasteiger partial charge on any atom is -0.461 e. The molecule has 1 amide bonds. The van der Waals surface area contributed by atoms with Gasteiger partial charge in [-0.25, -0.2) is 0 Å². The van der Waals surface area contributed by atoms with Gasteiger partial charge in [0.15, 0.2) is 10.9 Å². The molecule has 24 heavy (non-hydrogen) atoms. The Morgan fingerprint density at radius 1 is 1.50 bits per heavy atom. The normalized spacial score (nSPS) is 10.6. The van der Waals surface area contributed by atoms with Crippen molar-refractivity contribution in [3.05, 3.63) is 43.2 Å². The fraction of sp³-hybridized carbons (Fsp3) is 0.353. The van der Waals surface area contributed by atoms with E-state index in [1.54, 1.807) is 23.3 Å². The zero-order valence-electron chi connectivity index (χ0n) is 14.1. The second-order valence-corrected chi connectivity index (χ2v) is 6.28. The van der Waals surface area contributed by atoms with Crippen LogP contribution >= 0.6 is 11.8 Å². The summed E-state index contributed by atoms with van der Waals surface area (Å²) in [6.45, 7) is 13.3. The largest absolute Gasteiger partial charge is 0.461 e. The zero-order chi connectivity index (χ0) is 17.5. The van der Waals surface area contributed by atoms with Crippen molar-refractivity contribution in [3.8, 4) is 11.6 Å².